The number of hydrogen-bond donors (Lipinski definition) is 0. The van der Waals surface area contributed by atoms with Gasteiger partial charge in [0.25, 0.3) is 0 Å². The van der Waals surface area contributed by atoms with E-state index >= 15 is 0 Å². The van der Waals surface area contributed by atoms with Gasteiger partial charge in [0.15, 0.2) is 0 Å². The molecule has 0 heteroatoms. The van der Waals surface area contributed by atoms with Crippen molar-refractivity contribution >= 4 is 24.8 Å². The van der Waals surface area contributed by atoms with Crippen LogP contribution in [-0.2, 0) is 0 Å². The van der Waals surface area contributed by atoms with Crippen molar-refractivity contribution in [2.24, 2.45) is 0 Å². The van der Waals surface area contributed by atoms with Gasteiger partial charge in [-0.2, -0.15) is 0 Å². The summed E-state index contributed by atoms with van der Waals surface area (Å²) in [6.07, 6.45) is 10.7. The molecule has 0 atom stereocenters. The van der Waals surface area contributed by atoms with Gasteiger partial charge in [-0.25, -0.2) is 0 Å². The molecule has 0 bridgehead atoms. The summed E-state index contributed by atoms with van der Waals surface area (Å²) in [6.45, 7) is 7.77. The van der Waals surface area contributed by atoms with Crippen molar-refractivity contribution in [2.45, 2.75) is 12.8 Å². The lowest BCUT2D eigenvalue weighted by Gasteiger charge is -2.00. The molecule has 0 heterocycles. The first-order valence-corrected chi connectivity index (χ1v) is 4.94. The molecule has 70 valence electrons. The zero-order chi connectivity index (χ0) is 9.97. The summed E-state index contributed by atoms with van der Waals surface area (Å²) in [6, 6.07) is 4.22. The summed E-state index contributed by atoms with van der Waals surface area (Å²) in [7, 11) is 0. The third-order valence-electron chi connectivity index (χ3n) is 2.58. The van der Waals surface area contributed by atoms with Gasteiger partial charge in [-0.3, -0.25) is 0 Å². The van der Waals surface area contributed by atoms with Gasteiger partial charge < -0.3 is 0 Å². The maximum Gasteiger partial charge on any atom is -0.0115 e. The molecule has 0 saturated carbocycles. The van der Waals surface area contributed by atoms with Gasteiger partial charge in [0.2, 0.25) is 0 Å². The highest BCUT2D eigenvalue weighted by molar-refractivity contribution is 5.44. The van der Waals surface area contributed by atoms with Crippen molar-refractivity contribution in [3.63, 3.8) is 0 Å². The predicted molar refractivity (Wildman–Crippen MR) is 63.3 cm³/mol. The van der Waals surface area contributed by atoms with Crippen LogP contribution in [0.1, 0.15) is 12.8 Å². The van der Waals surface area contributed by atoms with Gasteiger partial charge in [0, 0.05) is 0 Å². The van der Waals surface area contributed by atoms with Gasteiger partial charge in [-0.1, -0.05) is 49.6 Å². The molecule has 0 N–H and O–H groups in total. The molecule has 0 spiro atoms. The molecule has 1 aromatic rings. The van der Waals surface area contributed by atoms with Gasteiger partial charge in [-0.15, -0.1) is 0 Å². The average molecular weight is 182 g/mol. The van der Waals surface area contributed by atoms with Crippen LogP contribution < -0.4 is 20.9 Å². The lowest BCUT2D eigenvalue weighted by molar-refractivity contribution is 1.11. The van der Waals surface area contributed by atoms with Crippen LogP contribution in [0.5, 0.6) is 0 Å². The highest BCUT2D eigenvalue weighted by Crippen LogP contribution is 1.92. The molecule has 0 unspecified atom stereocenters. The summed E-state index contributed by atoms with van der Waals surface area (Å²) >= 11 is 0. The van der Waals surface area contributed by atoms with E-state index in [4.69, 9.17) is 0 Å². The molecule has 2 rings (SSSR count). The maximum atomic E-state index is 4.03. The Morgan fingerprint density at radius 2 is 1.93 bits per heavy atom. The molecule has 14 heavy (non-hydrogen) atoms. The van der Waals surface area contributed by atoms with Crippen molar-refractivity contribution in [3.8, 4) is 0 Å². The fraction of sp³-hybridized carbons (Fsp3) is 0.143. The smallest absolute Gasteiger partial charge is 0.0115 e. The van der Waals surface area contributed by atoms with E-state index in [0.29, 0.717) is 0 Å². The molecule has 1 aliphatic rings. The van der Waals surface area contributed by atoms with Crippen LogP contribution in [0.2, 0.25) is 0 Å². The summed E-state index contributed by atoms with van der Waals surface area (Å²) in [5.41, 5.74) is 0. The largest absolute Gasteiger partial charge is 0.0990 e. The number of allylic oxidation sites excluding steroid dienone is 1. The Hall–Kier alpha value is -1.56. The lowest BCUT2D eigenvalue weighted by Crippen LogP contribution is -2.48. The highest BCUT2D eigenvalue weighted by atomic mass is 14.0. The van der Waals surface area contributed by atoms with Crippen LogP contribution in [0.3, 0.4) is 0 Å². The van der Waals surface area contributed by atoms with E-state index in [-0.39, 0.29) is 0 Å². The predicted octanol–water partition coefficient (Wildman–Crippen LogP) is 0.418. The molecule has 0 aromatic heterocycles. The topological polar surface area (TPSA) is 0 Å². The summed E-state index contributed by atoms with van der Waals surface area (Å²) < 4.78 is 0. The molecular weight excluding hydrogens is 168 g/mol. The third-order valence-corrected chi connectivity index (χ3v) is 2.58. The number of rotatable bonds is 1. The van der Waals surface area contributed by atoms with Crippen molar-refractivity contribution in [3.05, 3.63) is 45.7 Å². The van der Waals surface area contributed by atoms with E-state index in [1.54, 1.807) is 0 Å². The first-order chi connectivity index (χ1) is 6.83. The fourth-order valence-corrected chi connectivity index (χ4v) is 1.89. The van der Waals surface area contributed by atoms with E-state index in [2.05, 4.69) is 37.4 Å². The Labute approximate surface area is 83.9 Å². The average Bonchev–Trinajstić information content (AvgIpc) is 2.23. The Balaban J connectivity index is 3.04. The Kier molecular flexibility index (Phi) is 2.36. The first kappa shape index (κ1) is 9.01. The second kappa shape index (κ2) is 3.67. The van der Waals surface area contributed by atoms with Gasteiger partial charge >= 0.3 is 0 Å². The number of fused-ring (bicyclic) bond motifs is 1. The Morgan fingerprint density at radius 1 is 1.14 bits per heavy atom. The minimum atomic E-state index is 1.08. The molecule has 0 saturated heterocycles. The first-order valence-electron chi connectivity index (χ1n) is 4.94. The molecular formula is C14H14. The molecule has 0 nitrogen and oxygen atoms in total. The Morgan fingerprint density at radius 3 is 2.71 bits per heavy atom. The van der Waals surface area contributed by atoms with Crippen LogP contribution >= 0.6 is 0 Å². The fourth-order valence-electron chi connectivity index (χ4n) is 1.89. The standard InChI is InChI=1S/C14H14/c1-3-6-13-11(2)9-10-12-7-4-5-8-14(12)13/h3,6-10H,1-2,4-5H2/b13-6+. The minimum absolute atomic E-state index is 1.08. The second-order valence-corrected chi connectivity index (χ2v) is 3.53. The number of benzene rings is 1. The highest BCUT2D eigenvalue weighted by Gasteiger charge is 1.94. The zero-order valence-electron chi connectivity index (χ0n) is 8.29. The third kappa shape index (κ3) is 1.44. The minimum Gasteiger partial charge on any atom is -0.0990 e. The van der Waals surface area contributed by atoms with Gasteiger partial charge in [-0.05, 0) is 33.7 Å². The SMILES string of the molecule is C=C/C=c1\c(=C)ccc2c1=CCCC=2. The maximum absolute atomic E-state index is 4.03. The number of hydrogen-bond acceptors (Lipinski definition) is 0. The van der Waals surface area contributed by atoms with Crippen molar-refractivity contribution in [1.82, 2.24) is 0 Å². The van der Waals surface area contributed by atoms with Crippen molar-refractivity contribution in [1.29, 1.82) is 0 Å². The summed E-state index contributed by atoms with van der Waals surface area (Å²) in [5.74, 6) is 0. The molecule has 0 amide bonds. The summed E-state index contributed by atoms with van der Waals surface area (Å²) in [4.78, 5) is 0. The molecule has 0 radical (unpaired) electrons. The molecule has 1 aromatic carbocycles. The Bertz CT molecular complexity index is 574. The van der Waals surface area contributed by atoms with Gasteiger partial charge in [0.05, 0.1) is 0 Å². The van der Waals surface area contributed by atoms with Crippen LogP contribution in [0.25, 0.3) is 24.8 Å². The van der Waals surface area contributed by atoms with Gasteiger partial charge in [0.1, 0.15) is 0 Å². The van der Waals surface area contributed by atoms with E-state index in [0.717, 1.165) is 18.1 Å². The summed E-state index contributed by atoms with van der Waals surface area (Å²) in [5, 5.41) is 4.95. The van der Waals surface area contributed by atoms with Crippen LogP contribution in [0.4, 0.5) is 0 Å². The molecule has 1 aliphatic carbocycles. The van der Waals surface area contributed by atoms with Crippen LogP contribution in [-0.4, -0.2) is 0 Å². The normalized spacial score (nSPS) is 15.3. The van der Waals surface area contributed by atoms with Crippen molar-refractivity contribution in [2.75, 3.05) is 0 Å². The van der Waals surface area contributed by atoms with Crippen LogP contribution in [0, 0.1) is 0 Å². The van der Waals surface area contributed by atoms with E-state index in [1.165, 1.54) is 15.7 Å². The zero-order valence-corrected chi connectivity index (χ0v) is 8.29. The molecule has 0 aliphatic heterocycles. The lowest BCUT2D eigenvalue weighted by atomic mass is 10.0. The van der Waals surface area contributed by atoms with E-state index < -0.39 is 0 Å². The quantitative estimate of drug-likeness (QED) is 0.590. The van der Waals surface area contributed by atoms with E-state index in [1.807, 2.05) is 12.2 Å². The van der Waals surface area contributed by atoms with Crippen molar-refractivity contribution < 1.29 is 0 Å². The monoisotopic (exact) mass is 182 g/mol. The van der Waals surface area contributed by atoms with Crippen LogP contribution in [0.15, 0.2) is 24.8 Å². The van der Waals surface area contributed by atoms with E-state index in [9.17, 15) is 0 Å². The molecule has 0 fully saturated rings. The second-order valence-electron chi connectivity index (χ2n) is 3.53.